The van der Waals surface area contributed by atoms with Crippen LogP contribution in [0, 0.1) is 12.8 Å². The number of carboxylic acids is 1. The van der Waals surface area contributed by atoms with Crippen LogP contribution in [-0.2, 0) is 19.6 Å². The minimum absolute atomic E-state index is 0.0919. The number of aliphatic carboxylic acids is 1. The molecule has 0 amide bonds. The van der Waals surface area contributed by atoms with Crippen LogP contribution < -0.4 is 4.72 Å². The lowest BCUT2D eigenvalue weighted by Crippen LogP contribution is -2.44. The SMILES string of the molecule is CCOC(=O)c1ccc(C)c(S(=O)(=O)N[C@H](C(=O)O)C(C)C)c1. The highest BCUT2D eigenvalue weighted by atomic mass is 32.2. The molecule has 8 heteroatoms. The van der Waals surface area contributed by atoms with E-state index in [1.54, 1.807) is 27.7 Å². The monoisotopic (exact) mass is 343 g/mol. The molecule has 2 N–H and O–H groups in total. The van der Waals surface area contributed by atoms with Gasteiger partial charge >= 0.3 is 11.9 Å². The molecule has 128 valence electrons. The number of ether oxygens (including phenoxy) is 1. The Hall–Kier alpha value is -1.93. The van der Waals surface area contributed by atoms with Gasteiger partial charge in [-0.05, 0) is 37.5 Å². The Labute approximate surface area is 135 Å². The zero-order valence-electron chi connectivity index (χ0n) is 13.5. The molecule has 0 heterocycles. The summed E-state index contributed by atoms with van der Waals surface area (Å²) in [5.74, 6) is -2.33. The summed E-state index contributed by atoms with van der Waals surface area (Å²) in [5, 5.41) is 9.13. The van der Waals surface area contributed by atoms with E-state index in [0.29, 0.717) is 5.56 Å². The van der Waals surface area contributed by atoms with Gasteiger partial charge in [-0.1, -0.05) is 19.9 Å². The van der Waals surface area contributed by atoms with Crippen LogP contribution in [-0.4, -0.2) is 38.1 Å². The topological polar surface area (TPSA) is 110 Å². The minimum atomic E-state index is -4.09. The zero-order valence-corrected chi connectivity index (χ0v) is 14.3. The number of hydrogen-bond donors (Lipinski definition) is 2. The van der Waals surface area contributed by atoms with Gasteiger partial charge in [-0.15, -0.1) is 0 Å². The largest absolute Gasteiger partial charge is 0.480 e. The molecule has 0 aromatic heterocycles. The van der Waals surface area contributed by atoms with Crippen molar-refractivity contribution in [3.63, 3.8) is 0 Å². The van der Waals surface area contributed by atoms with Crippen LogP contribution in [0.15, 0.2) is 23.1 Å². The molecule has 0 bridgehead atoms. The first-order chi connectivity index (χ1) is 10.6. The number of rotatable bonds is 7. The molecule has 23 heavy (non-hydrogen) atoms. The quantitative estimate of drug-likeness (QED) is 0.727. The Morgan fingerprint density at radius 3 is 2.39 bits per heavy atom. The van der Waals surface area contributed by atoms with Crippen molar-refractivity contribution in [1.29, 1.82) is 0 Å². The maximum absolute atomic E-state index is 12.5. The number of carboxylic acid groups (broad SMARTS) is 1. The fourth-order valence-electron chi connectivity index (χ4n) is 1.93. The van der Waals surface area contributed by atoms with Crippen LogP contribution in [0.1, 0.15) is 36.7 Å². The van der Waals surface area contributed by atoms with Crippen LogP contribution in [0.3, 0.4) is 0 Å². The van der Waals surface area contributed by atoms with Crippen molar-refractivity contribution in [2.75, 3.05) is 6.61 Å². The molecule has 0 aliphatic heterocycles. The molecule has 0 saturated carbocycles. The average Bonchev–Trinajstić information content (AvgIpc) is 2.44. The van der Waals surface area contributed by atoms with E-state index < -0.39 is 33.9 Å². The van der Waals surface area contributed by atoms with Gasteiger partial charge in [0.05, 0.1) is 17.1 Å². The third-order valence-electron chi connectivity index (χ3n) is 3.20. The molecule has 0 aliphatic carbocycles. The van der Waals surface area contributed by atoms with Crippen molar-refractivity contribution in [3.8, 4) is 0 Å². The molecule has 1 rings (SSSR count). The molecule has 1 aromatic rings. The summed E-state index contributed by atoms with van der Waals surface area (Å²) < 4.78 is 32.0. The van der Waals surface area contributed by atoms with Gasteiger partial charge in [0.2, 0.25) is 10.0 Å². The first kappa shape index (κ1) is 19.1. The van der Waals surface area contributed by atoms with E-state index in [-0.39, 0.29) is 17.1 Å². The van der Waals surface area contributed by atoms with E-state index in [4.69, 9.17) is 9.84 Å². The second-order valence-corrected chi connectivity index (χ2v) is 7.06. The zero-order chi connectivity index (χ0) is 17.8. The van der Waals surface area contributed by atoms with E-state index in [0.717, 1.165) is 0 Å². The van der Waals surface area contributed by atoms with Gasteiger partial charge in [0, 0.05) is 0 Å². The molecule has 1 atom stereocenters. The summed E-state index contributed by atoms with van der Waals surface area (Å²) in [6.45, 7) is 6.58. The number of sulfonamides is 1. The molecule has 0 radical (unpaired) electrons. The van der Waals surface area contributed by atoms with Gasteiger partial charge in [-0.25, -0.2) is 13.2 Å². The van der Waals surface area contributed by atoms with Crippen molar-refractivity contribution in [3.05, 3.63) is 29.3 Å². The predicted octanol–water partition coefficient (Wildman–Crippen LogP) is 1.56. The maximum Gasteiger partial charge on any atom is 0.338 e. The second kappa shape index (κ2) is 7.56. The highest BCUT2D eigenvalue weighted by molar-refractivity contribution is 7.89. The molecule has 0 saturated heterocycles. The maximum atomic E-state index is 12.5. The van der Waals surface area contributed by atoms with E-state index >= 15 is 0 Å². The number of carbonyl (C=O) groups excluding carboxylic acids is 1. The normalized spacial score (nSPS) is 12.9. The lowest BCUT2D eigenvalue weighted by atomic mass is 10.1. The number of aryl methyl sites for hydroxylation is 1. The van der Waals surface area contributed by atoms with Crippen molar-refractivity contribution in [2.45, 2.75) is 38.6 Å². The molecular formula is C15H21NO6S. The Kier molecular flexibility index (Phi) is 6.28. The molecule has 1 aromatic carbocycles. The molecule has 0 aliphatic rings. The summed E-state index contributed by atoms with van der Waals surface area (Å²) in [4.78, 5) is 22.8. The van der Waals surface area contributed by atoms with Crippen LogP contribution in [0.4, 0.5) is 0 Å². The number of carbonyl (C=O) groups is 2. The lowest BCUT2D eigenvalue weighted by Gasteiger charge is -2.19. The van der Waals surface area contributed by atoms with E-state index in [1.165, 1.54) is 18.2 Å². The third-order valence-corrected chi connectivity index (χ3v) is 4.79. The van der Waals surface area contributed by atoms with Gasteiger partial charge in [0.25, 0.3) is 0 Å². The Balaban J connectivity index is 3.24. The smallest absolute Gasteiger partial charge is 0.338 e. The standard InChI is InChI=1S/C15H21NO6S/c1-5-22-15(19)11-7-6-10(4)12(8-11)23(20,21)16-13(9(2)3)14(17)18/h6-9,13,16H,5H2,1-4H3,(H,17,18)/t13-/m0/s1. The number of benzene rings is 1. The van der Waals surface area contributed by atoms with E-state index in [2.05, 4.69) is 4.72 Å². The average molecular weight is 343 g/mol. The summed E-state index contributed by atoms with van der Waals surface area (Å²) >= 11 is 0. The molecular weight excluding hydrogens is 322 g/mol. The predicted molar refractivity (Wildman–Crippen MR) is 83.7 cm³/mol. The number of esters is 1. The van der Waals surface area contributed by atoms with Crippen LogP contribution in [0.25, 0.3) is 0 Å². The fraction of sp³-hybridized carbons (Fsp3) is 0.467. The minimum Gasteiger partial charge on any atom is -0.480 e. The summed E-state index contributed by atoms with van der Waals surface area (Å²) in [7, 11) is -4.09. The van der Waals surface area contributed by atoms with Gasteiger partial charge in [-0.3, -0.25) is 4.79 Å². The van der Waals surface area contributed by atoms with Crippen molar-refractivity contribution < 1.29 is 27.9 Å². The molecule has 0 unspecified atom stereocenters. The fourth-order valence-corrected chi connectivity index (χ4v) is 3.54. The Morgan fingerprint density at radius 1 is 1.30 bits per heavy atom. The lowest BCUT2D eigenvalue weighted by molar-refractivity contribution is -0.140. The summed E-state index contributed by atoms with van der Waals surface area (Å²) in [5.41, 5.74) is 0.493. The van der Waals surface area contributed by atoms with Crippen LogP contribution in [0.5, 0.6) is 0 Å². The van der Waals surface area contributed by atoms with Gasteiger partial charge < -0.3 is 9.84 Å². The Morgan fingerprint density at radius 2 is 1.91 bits per heavy atom. The molecule has 0 fully saturated rings. The van der Waals surface area contributed by atoms with E-state index in [1.807, 2.05) is 0 Å². The van der Waals surface area contributed by atoms with Gasteiger partial charge in [-0.2, -0.15) is 4.72 Å². The van der Waals surface area contributed by atoms with Crippen molar-refractivity contribution in [1.82, 2.24) is 4.72 Å². The summed E-state index contributed by atoms with van der Waals surface area (Å²) in [6.07, 6.45) is 0. The number of hydrogen-bond acceptors (Lipinski definition) is 5. The van der Waals surface area contributed by atoms with Gasteiger partial charge in [0.1, 0.15) is 6.04 Å². The van der Waals surface area contributed by atoms with Crippen molar-refractivity contribution >= 4 is 22.0 Å². The van der Waals surface area contributed by atoms with Crippen LogP contribution >= 0.6 is 0 Å². The first-order valence-corrected chi connectivity index (χ1v) is 8.61. The number of nitrogens with one attached hydrogen (secondary N) is 1. The van der Waals surface area contributed by atoms with E-state index in [9.17, 15) is 18.0 Å². The van der Waals surface area contributed by atoms with Crippen molar-refractivity contribution in [2.24, 2.45) is 5.92 Å². The first-order valence-electron chi connectivity index (χ1n) is 7.13. The highest BCUT2D eigenvalue weighted by Gasteiger charge is 2.29. The summed E-state index contributed by atoms with van der Waals surface area (Å²) in [6, 6.07) is 2.87. The van der Waals surface area contributed by atoms with Crippen LogP contribution in [0.2, 0.25) is 0 Å². The van der Waals surface area contributed by atoms with Gasteiger partial charge in [0.15, 0.2) is 0 Å². The second-order valence-electron chi connectivity index (χ2n) is 5.38. The molecule has 0 spiro atoms. The molecule has 7 nitrogen and oxygen atoms in total. The highest BCUT2D eigenvalue weighted by Crippen LogP contribution is 2.19. The Bertz CT molecular complexity index is 696. The third kappa shape index (κ3) is 4.77.